The summed E-state index contributed by atoms with van der Waals surface area (Å²) in [4.78, 5) is 4.41. The first-order valence-corrected chi connectivity index (χ1v) is 7.41. The minimum atomic E-state index is -2.45. The van der Waals surface area contributed by atoms with Crippen molar-refractivity contribution in [1.82, 2.24) is 9.80 Å². The SMILES string of the molecule is CC[C@H]1CCCN(CCN2CCCC(F)(F)C2)C1. The Morgan fingerprint density at radius 1 is 1.11 bits per heavy atom. The van der Waals surface area contributed by atoms with Gasteiger partial charge in [0.05, 0.1) is 6.54 Å². The molecule has 0 saturated carbocycles. The predicted octanol–water partition coefficient (Wildman–Crippen LogP) is 2.84. The smallest absolute Gasteiger partial charge is 0.260 e. The lowest BCUT2D eigenvalue weighted by atomic mass is 9.96. The summed E-state index contributed by atoms with van der Waals surface area (Å²) < 4.78 is 26.6. The third kappa shape index (κ3) is 4.16. The van der Waals surface area contributed by atoms with Gasteiger partial charge in [0.15, 0.2) is 0 Å². The number of nitrogens with zero attached hydrogens (tertiary/aromatic N) is 2. The largest absolute Gasteiger partial charge is 0.302 e. The van der Waals surface area contributed by atoms with Crippen LogP contribution in [-0.2, 0) is 0 Å². The second-order valence-electron chi connectivity index (χ2n) is 5.95. The van der Waals surface area contributed by atoms with Crippen LogP contribution in [-0.4, -0.2) is 55.0 Å². The van der Waals surface area contributed by atoms with Crippen molar-refractivity contribution in [3.63, 3.8) is 0 Å². The molecular formula is C14H26F2N2. The van der Waals surface area contributed by atoms with Crippen molar-refractivity contribution in [2.24, 2.45) is 5.92 Å². The molecule has 1 atom stereocenters. The monoisotopic (exact) mass is 260 g/mol. The molecule has 2 aliphatic rings. The molecule has 0 aromatic carbocycles. The van der Waals surface area contributed by atoms with E-state index in [2.05, 4.69) is 11.8 Å². The van der Waals surface area contributed by atoms with Gasteiger partial charge in [-0.3, -0.25) is 4.90 Å². The van der Waals surface area contributed by atoms with E-state index in [4.69, 9.17) is 0 Å². The Morgan fingerprint density at radius 2 is 1.83 bits per heavy atom. The molecule has 2 nitrogen and oxygen atoms in total. The maximum absolute atomic E-state index is 13.3. The highest BCUT2D eigenvalue weighted by molar-refractivity contribution is 4.80. The Hall–Kier alpha value is -0.220. The van der Waals surface area contributed by atoms with Gasteiger partial charge >= 0.3 is 0 Å². The molecule has 0 radical (unpaired) electrons. The lowest BCUT2D eigenvalue weighted by molar-refractivity contribution is -0.0656. The van der Waals surface area contributed by atoms with Gasteiger partial charge in [-0.2, -0.15) is 0 Å². The second-order valence-corrected chi connectivity index (χ2v) is 5.95. The number of likely N-dealkylation sites (tertiary alicyclic amines) is 2. The summed E-state index contributed by atoms with van der Waals surface area (Å²) in [6.45, 7) is 7.16. The van der Waals surface area contributed by atoms with Gasteiger partial charge < -0.3 is 4.90 Å². The summed E-state index contributed by atoms with van der Waals surface area (Å²) in [5, 5.41) is 0. The molecule has 0 bridgehead atoms. The first kappa shape index (κ1) is 14.2. The number of hydrogen-bond donors (Lipinski definition) is 0. The molecular weight excluding hydrogens is 234 g/mol. The maximum Gasteiger partial charge on any atom is 0.260 e. The average molecular weight is 260 g/mol. The molecule has 2 saturated heterocycles. The Kier molecular flexibility index (Phi) is 4.96. The third-order valence-corrected chi connectivity index (χ3v) is 4.38. The van der Waals surface area contributed by atoms with Gasteiger partial charge in [-0.1, -0.05) is 13.3 Å². The minimum absolute atomic E-state index is 0.0297. The number of alkyl halides is 2. The van der Waals surface area contributed by atoms with Gasteiger partial charge in [-0.05, 0) is 38.3 Å². The number of halogens is 2. The summed E-state index contributed by atoms with van der Waals surface area (Å²) in [6.07, 6.45) is 4.58. The molecule has 0 N–H and O–H groups in total. The highest BCUT2D eigenvalue weighted by atomic mass is 19.3. The molecule has 0 unspecified atom stereocenters. The van der Waals surface area contributed by atoms with Gasteiger partial charge in [0.25, 0.3) is 5.92 Å². The molecule has 2 aliphatic heterocycles. The number of rotatable bonds is 4. The van der Waals surface area contributed by atoms with Crippen LogP contribution in [0.5, 0.6) is 0 Å². The average Bonchev–Trinajstić information content (AvgIpc) is 2.35. The van der Waals surface area contributed by atoms with E-state index in [0.717, 1.165) is 32.1 Å². The Balaban J connectivity index is 1.70. The highest BCUT2D eigenvalue weighted by Crippen LogP contribution is 2.26. The van der Waals surface area contributed by atoms with Crippen molar-refractivity contribution >= 4 is 0 Å². The van der Waals surface area contributed by atoms with Crippen LogP contribution in [0.1, 0.15) is 39.0 Å². The van der Waals surface area contributed by atoms with Crippen LogP contribution in [0.4, 0.5) is 8.78 Å². The van der Waals surface area contributed by atoms with Crippen LogP contribution in [0, 0.1) is 5.92 Å². The van der Waals surface area contributed by atoms with Crippen LogP contribution in [0.2, 0.25) is 0 Å². The number of piperidine rings is 2. The van der Waals surface area contributed by atoms with Gasteiger partial charge in [0, 0.05) is 26.1 Å². The Labute approximate surface area is 109 Å². The second kappa shape index (κ2) is 6.29. The first-order chi connectivity index (χ1) is 8.59. The fourth-order valence-electron chi connectivity index (χ4n) is 3.21. The van der Waals surface area contributed by atoms with E-state index in [9.17, 15) is 8.78 Å². The molecule has 0 aliphatic carbocycles. The van der Waals surface area contributed by atoms with Crippen molar-refractivity contribution in [3.05, 3.63) is 0 Å². The molecule has 0 aromatic heterocycles. The van der Waals surface area contributed by atoms with Crippen LogP contribution in [0.3, 0.4) is 0 Å². The quantitative estimate of drug-likeness (QED) is 0.767. The minimum Gasteiger partial charge on any atom is -0.302 e. The number of hydrogen-bond acceptors (Lipinski definition) is 2. The van der Waals surface area contributed by atoms with E-state index in [1.807, 2.05) is 4.90 Å². The van der Waals surface area contributed by atoms with Crippen LogP contribution < -0.4 is 0 Å². The normalized spacial score (nSPS) is 30.5. The van der Waals surface area contributed by atoms with E-state index in [-0.39, 0.29) is 13.0 Å². The van der Waals surface area contributed by atoms with Gasteiger partial charge in [-0.25, -0.2) is 8.78 Å². The van der Waals surface area contributed by atoms with Gasteiger partial charge in [0.2, 0.25) is 0 Å². The molecule has 0 aromatic rings. The lowest BCUT2D eigenvalue weighted by Gasteiger charge is -2.36. The third-order valence-electron chi connectivity index (χ3n) is 4.38. The molecule has 2 fully saturated rings. The van der Waals surface area contributed by atoms with Crippen molar-refractivity contribution in [2.45, 2.75) is 45.0 Å². The molecule has 106 valence electrons. The van der Waals surface area contributed by atoms with Crippen LogP contribution >= 0.6 is 0 Å². The van der Waals surface area contributed by atoms with E-state index in [1.165, 1.54) is 25.8 Å². The van der Waals surface area contributed by atoms with E-state index in [1.54, 1.807) is 0 Å². The molecule has 18 heavy (non-hydrogen) atoms. The zero-order chi connectivity index (χ0) is 13.0. The zero-order valence-electron chi connectivity index (χ0n) is 11.5. The molecule has 2 heterocycles. The predicted molar refractivity (Wildman–Crippen MR) is 70.1 cm³/mol. The van der Waals surface area contributed by atoms with Gasteiger partial charge in [-0.15, -0.1) is 0 Å². The molecule has 0 spiro atoms. The molecule has 2 rings (SSSR count). The Bertz CT molecular complexity index is 258. The van der Waals surface area contributed by atoms with E-state index >= 15 is 0 Å². The van der Waals surface area contributed by atoms with Crippen molar-refractivity contribution < 1.29 is 8.78 Å². The molecule has 4 heteroatoms. The van der Waals surface area contributed by atoms with Crippen LogP contribution in [0.25, 0.3) is 0 Å². The summed E-state index contributed by atoms with van der Waals surface area (Å²) in [7, 11) is 0. The lowest BCUT2D eigenvalue weighted by Crippen LogP contribution is -2.47. The Morgan fingerprint density at radius 3 is 2.56 bits per heavy atom. The molecule has 0 amide bonds. The maximum atomic E-state index is 13.3. The zero-order valence-corrected chi connectivity index (χ0v) is 11.5. The van der Waals surface area contributed by atoms with Crippen molar-refractivity contribution in [3.8, 4) is 0 Å². The first-order valence-electron chi connectivity index (χ1n) is 7.41. The van der Waals surface area contributed by atoms with E-state index < -0.39 is 5.92 Å². The van der Waals surface area contributed by atoms with E-state index in [0.29, 0.717) is 6.42 Å². The van der Waals surface area contributed by atoms with Crippen molar-refractivity contribution in [1.29, 1.82) is 0 Å². The summed E-state index contributed by atoms with van der Waals surface area (Å²) in [5.74, 6) is -1.63. The summed E-state index contributed by atoms with van der Waals surface area (Å²) >= 11 is 0. The fourth-order valence-corrected chi connectivity index (χ4v) is 3.21. The van der Waals surface area contributed by atoms with Crippen molar-refractivity contribution in [2.75, 3.05) is 39.3 Å². The summed E-state index contributed by atoms with van der Waals surface area (Å²) in [5.41, 5.74) is 0. The highest BCUT2D eigenvalue weighted by Gasteiger charge is 2.34. The standard InChI is InChI=1S/C14H26F2N2/c1-2-13-5-3-7-17(11-13)9-10-18-8-4-6-14(15,16)12-18/h13H,2-12H2,1H3/t13-/m0/s1. The topological polar surface area (TPSA) is 6.48 Å². The van der Waals surface area contributed by atoms with Gasteiger partial charge in [0.1, 0.15) is 0 Å². The van der Waals surface area contributed by atoms with Crippen LogP contribution in [0.15, 0.2) is 0 Å². The fraction of sp³-hybridized carbons (Fsp3) is 1.00. The summed E-state index contributed by atoms with van der Waals surface area (Å²) in [6, 6.07) is 0.